The summed E-state index contributed by atoms with van der Waals surface area (Å²) in [5.41, 5.74) is 2.72. The molecule has 0 saturated heterocycles. The van der Waals surface area contributed by atoms with E-state index in [1.54, 1.807) is 0 Å². The molecule has 88 valence electrons. The Morgan fingerprint density at radius 3 is 2.94 bits per heavy atom. The number of rotatable bonds is 4. The summed E-state index contributed by atoms with van der Waals surface area (Å²) in [6.45, 7) is 6.20. The molecule has 3 heteroatoms. The van der Waals surface area contributed by atoms with Gasteiger partial charge in [-0.1, -0.05) is 24.8 Å². The quantitative estimate of drug-likeness (QED) is 0.607. The predicted octanol–water partition coefficient (Wildman–Crippen LogP) is 3.72. The first-order chi connectivity index (χ1) is 8.20. The average Bonchev–Trinajstić information content (AvgIpc) is 2.35. The lowest BCUT2D eigenvalue weighted by molar-refractivity contribution is 0.356. The Hall–Kier alpha value is -1.54. The normalized spacial score (nSPS) is 10.5. The van der Waals surface area contributed by atoms with Crippen LogP contribution in [0.2, 0.25) is 0 Å². The lowest BCUT2D eigenvalue weighted by Crippen LogP contribution is -2.02. The second kappa shape index (κ2) is 5.19. The summed E-state index contributed by atoms with van der Waals surface area (Å²) in [5, 5.41) is 1.07. The summed E-state index contributed by atoms with van der Waals surface area (Å²) in [6, 6.07) is 9.92. The Morgan fingerprint density at radius 2 is 2.18 bits per heavy atom. The maximum atomic E-state index is 5.68. The molecule has 1 aromatic carbocycles. The third-order valence-electron chi connectivity index (χ3n) is 2.44. The van der Waals surface area contributed by atoms with Gasteiger partial charge < -0.3 is 4.74 Å². The van der Waals surface area contributed by atoms with E-state index in [9.17, 15) is 0 Å². The molecule has 0 atom stereocenters. The van der Waals surface area contributed by atoms with Crippen molar-refractivity contribution in [1.82, 2.24) is 4.98 Å². The van der Waals surface area contributed by atoms with Crippen LogP contribution in [0.1, 0.15) is 5.69 Å². The van der Waals surface area contributed by atoms with Crippen LogP contribution in [0, 0.1) is 6.92 Å². The first-order valence-corrected chi connectivity index (χ1v) is 5.96. The Labute approximate surface area is 106 Å². The molecular formula is C14H14ClNO. The largest absolute Gasteiger partial charge is 0.487 e. The van der Waals surface area contributed by atoms with E-state index in [2.05, 4.69) is 11.6 Å². The molecule has 1 aromatic heterocycles. The Morgan fingerprint density at radius 1 is 1.35 bits per heavy atom. The van der Waals surface area contributed by atoms with E-state index in [1.165, 1.54) is 0 Å². The second-order valence-corrected chi connectivity index (χ2v) is 4.22. The van der Waals surface area contributed by atoms with Crippen LogP contribution in [0.5, 0.6) is 5.75 Å². The molecule has 2 nitrogen and oxygen atoms in total. The summed E-state index contributed by atoms with van der Waals surface area (Å²) >= 11 is 5.67. The number of nitrogens with zero attached hydrogens (tertiary/aromatic N) is 1. The van der Waals surface area contributed by atoms with Gasteiger partial charge in [0.25, 0.3) is 0 Å². The van der Waals surface area contributed by atoms with E-state index in [1.807, 2.05) is 37.3 Å². The number of aromatic nitrogens is 1. The van der Waals surface area contributed by atoms with Crippen molar-refractivity contribution in [3.05, 3.63) is 48.2 Å². The molecule has 0 radical (unpaired) electrons. The van der Waals surface area contributed by atoms with Gasteiger partial charge in [-0.2, -0.15) is 0 Å². The van der Waals surface area contributed by atoms with E-state index in [-0.39, 0.29) is 0 Å². The zero-order valence-electron chi connectivity index (χ0n) is 9.74. The SMILES string of the molecule is C=C(CCl)COc1cccc2ccc(C)nc12. The second-order valence-electron chi connectivity index (χ2n) is 3.95. The fourth-order valence-corrected chi connectivity index (χ4v) is 1.63. The first-order valence-electron chi connectivity index (χ1n) is 5.42. The van der Waals surface area contributed by atoms with Crippen LogP contribution in [-0.2, 0) is 0 Å². The standard InChI is InChI=1S/C14H14ClNO/c1-10(8-15)9-17-13-5-3-4-12-7-6-11(2)16-14(12)13/h3-7H,1,8-9H2,2H3. The molecule has 0 aliphatic heterocycles. The van der Waals surface area contributed by atoms with E-state index in [0.717, 1.165) is 27.9 Å². The van der Waals surface area contributed by atoms with Crippen molar-refractivity contribution in [2.45, 2.75) is 6.92 Å². The van der Waals surface area contributed by atoms with Gasteiger partial charge in [0, 0.05) is 17.0 Å². The molecule has 0 aliphatic carbocycles. The molecular weight excluding hydrogens is 234 g/mol. The fourth-order valence-electron chi connectivity index (χ4n) is 1.55. The fraction of sp³-hybridized carbons (Fsp3) is 0.214. The molecule has 2 aromatic rings. The van der Waals surface area contributed by atoms with Crippen LogP contribution >= 0.6 is 11.6 Å². The molecule has 0 amide bonds. The number of para-hydroxylation sites is 1. The highest BCUT2D eigenvalue weighted by molar-refractivity contribution is 6.19. The van der Waals surface area contributed by atoms with Crippen molar-refractivity contribution in [3.63, 3.8) is 0 Å². The highest BCUT2D eigenvalue weighted by atomic mass is 35.5. The number of aryl methyl sites for hydroxylation is 1. The number of alkyl halides is 1. The third-order valence-corrected chi connectivity index (χ3v) is 2.82. The smallest absolute Gasteiger partial charge is 0.146 e. The zero-order chi connectivity index (χ0) is 12.3. The molecule has 0 saturated carbocycles. The highest BCUT2D eigenvalue weighted by Gasteiger charge is 2.04. The number of hydrogen-bond acceptors (Lipinski definition) is 2. The first kappa shape index (κ1) is 11.9. The maximum Gasteiger partial charge on any atom is 0.146 e. The Balaban J connectivity index is 2.33. The Bertz CT molecular complexity index is 551. The number of benzene rings is 1. The third kappa shape index (κ3) is 2.77. The number of hydrogen-bond donors (Lipinski definition) is 0. The van der Waals surface area contributed by atoms with Crippen molar-refractivity contribution in [2.24, 2.45) is 0 Å². The molecule has 1 heterocycles. The van der Waals surface area contributed by atoms with Gasteiger partial charge in [-0.25, -0.2) is 4.98 Å². The summed E-state index contributed by atoms with van der Waals surface area (Å²) in [5.74, 6) is 1.19. The van der Waals surface area contributed by atoms with Gasteiger partial charge in [0.15, 0.2) is 0 Å². The topological polar surface area (TPSA) is 22.1 Å². The Kier molecular flexibility index (Phi) is 3.64. The summed E-state index contributed by atoms with van der Waals surface area (Å²) in [6.07, 6.45) is 0. The van der Waals surface area contributed by atoms with Crippen LogP contribution in [0.25, 0.3) is 10.9 Å². The van der Waals surface area contributed by atoms with E-state index >= 15 is 0 Å². The number of halogens is 1. The zero-order valence-corrected chi connectivity index (χ0v) is 10.5. The molecule has 0 bridgehead atoms. The van der Waals surface area contributed by atoms with Crippen LogP contribution in [-0.4, -0.2) is 17.5 Å². The van der Waals surface area contributed by atoms with E-state index in [0.29, 0.717) is 12.5 Å². The summed E-state index contributed by atoms with van der Waals surface area (Å²) in [4.78, 5) is 4.49. The van der Waals surface area contributed by atoms with Crippen molar-refractivity contribution in [3.8, 4) is 5.75 Å². The van der Waals surface area contributed by atoms with E-state index < -0.39 is 0 Å². The van der Waals surface area contributed by atoms with Crippen LogP contribution in [0.4, 0.5) is 0 Å². The van der Waals surface area contributed by atoms with Gasteiger partial charge in [0.05, 0.1) is 0 Å². The molecule has 0 aliphatic rings. The maximum absolute atomic E-state index is 5.68. The minimum absolute atomic E-state index is 0.414. The summed E-state index contributed by atoms with van der Waals surface area (Å²) < 4.78 is 5.68. The highest BCUT2D eigenvalue weighted by Crippen LogP contribution is 2.24. The lowest BCUT2D eigenvalue weighted by Gasteiger charge is -2.09. The number of ether oxygens (including phenoxy) is 1. The van der Waals surface area contributed by atoms with E-state index in [4.69, 9.17) is 16.3 Å². The van der Waals surface area contributed by atoms with Crippen LogP contribution in [0.15, 0.2) is 42.5 Å². The van der Waals surface area contributed by atoms with Crippen molar-refractivity contribution in [1.29, 1.82) is 0 Å². The summed E-state index contributed by atoms with van der Waals surface area (Å²) in [7, 11) is 0. The van der Waals surface area contributed by atoms with Gasteiger partial charge in [-0.05, 0) is 24.6 Å². The van der Waals surface area contributed by atoms with Gasteiger partial charge in [-0.15, -0.1) is 11.6 Å². The van der Waals surface area contributed by atoms with Gasteiger partial charge in [0.2, 0.25) is 0 Å². The number of pyridine rings is 1. The van der Waals surface area contributed by atoms with Crippen molar-refractivity contribution >= 4 is 22.5 Å². The molecule has 17 heavy (non-hydrogen) atoms. The minimum Gasteiger partial charge on any atom is -0.487 e. The lowest BCUT2D eigenvalue weighted by atomic mass is 10.2. The van der Waals surface area contributed by atoms with Crippen LogP contribution < -0.4 is 4.74 Å². The van der Waals surface area contributed by atoms with Crippen molar-refractivity contribution < 1.29 is 4.74 Å². The minimum atomic E-state index is 0.414. The molecule has 0 N–H and O–H groups in total. The molecule has 2 rings (SSSR count). The average molecular weight is 248 g/mol. The van der Waals surface area contributed by atoms with Crippen LogP contribution in [0.3, 0.4) is 0 Å². The molecule has 0 unspecified atom stereocenters. The van der Waals surface area contributed by atoms with Crippen molar-refractivity contribution in [2.75, 3.05) is 12.5 Å². The monoisotopic (exact) mass is 247 g/mol. The number of fused-ring (bicyclic) bond motifs is 1. The van der Waals surface area contributed by atoms with Gasteiger partial charge in [-0.3, -0.25) is 0 Å². The molecule has 0 spiro atoms. The van der Waals surface area contributed by atoms with Gasteiger partial charge in [0.1, 0.15) is 17.9 Å². The predicted molar refractivity (Wildman–Crippen MR) is 71.8 cm³/mol. The van der Waals surface area contributed by atoms with Gasteiger partial charge >= 0.3 is 0 Å². The molecule has 0 fully saturated rings.